The lowest BCUT2D eigenvalue weighted by Crippen LogP contribution is -2.50. The van der Waals surface area contributed by atoms with Gasteiger partial charge in [-0.05, 0) is 60.9 Å². The topological polar surface area (TPSA) is 152 Å². The van der Waals surface area contributed by atoms with Gasteiger partial charge in [-0.15, -0.1) is 4.99 Å². The van der Waals surface area contributed by atoms with Crippen LogP contribution < -0.4 is 16.4 Å². The number of carboxylic acid groups (broad SMARTS) is 1. The van der Waals surface area contributed by atoms with E-state index in [1.54, 1.807) is 41.5 Å². The average Bonchev–Trinajstić information content (AvgIpc) is 2.38. The molecule has 0 rings (SSSR count). The second-order valence-electron chi connectivity index (χ2n) is 7.53. The fourth-order valence-electron chi connectivity index (χ4n) is 1.62. The molecule has 0 unspecified atom stereocenters. The number of carboxylic acids is 1. The standard InChI is InChI=1S/C16H30N4O6/c1-15(2,3)25-13(23)19-12(20-14(24)26-16(4,5)6)18-10(11(21)22)8-7-9-17/h10H,7-9,17H2,1-6H3,(H,21,22)(H2,18,19,20,23,24)/t10-/m0/s1. The molecular weight excluding hydrogens is 344 g/mol. The molecule has 10 heteroatoms. The van der Waals surface area contributed by atoms with Crippen molar-refractivity contribution in [3.8, 4) is 0 Å². The molecule has 0 heterocycles. The molecule has 1 atom stereocenters. The molecule has 0 aromatic heterocycles. The second-order valence-corrected chi connectivity index (χ2v) is 7.53. The van der Waals surface area contributed by atoms with E-state index in [9.17, 15) is 19.5 Å². The van der Waals surface area contributed by atoms with Gasteiger partial charge in [0.2, 0.25) is 5.96 Å². The van der Waals surface area contributed by atoms with Crippen molar-refractivity contribution in [2.45, 2.75) is 71.6 Å². The quantitative estimate of drug-likeness (QED) is 0.418. The van der Waals surface area contributed by atoms with Crippen molar-refractivity contribution >= 4 is 24.1 Å². The fraction of sp³-hybridized carbons (Fsp3) is 0.750. The lowest BCUT2D eigenvalue weighted by atomic mass is 10.1. The van der Waals surface area contributed by atoms with Crippen LogP contribution >= 0.6 is 0 Å². The van der Waals surface area contributed by atoms with Crippen LogP contribution in [-0.2, 0) is 14.3 Å². The highest BCUT2D eigenvalue weighted by Crippen LogP contribution is 2.09. The first-order chi connectivity index (χ1) is 11.7. The molecule has 0 bridgehead atoms. The first-order valence-electron chi connectivity index (χ1n) is 8.24. The number of carbonyl (C=O) groups is 3. The molecule has 0 aromatic carbocycles. The van der Waals surface area contributed by atoms with Crippen molar-refractivity contribution in [2.24, 2.45) is 10.7 Å². The van der Waals surface area contributed by atoms with Crippen molar-refractivity contribution in [3.63, 3.8) is 0 Å². The van der Waals surface area contributed by atoms with Gasteiger partial charge >= 0.3 is 18.2 Å². The van der Waals surface area contributed by atoms with E-state index in [2.05, 4.69) is 15.6 Å². The van der Waals surface area contributed by atoms with E-state index in [-0.39, 0.29) is 12.4 Å². The highest BCUT2D eigenvalue weighted by atomic mass is 16.6. The average molecular weight is 374 g/mol. The van der Waals surface area contributed by atoms with Gasteiger partial charge in [-0.1, -0.05) is 0 Å². The molecule has 26 heavy (non-hydrogen) atoms. The van der Waals surface area contributed by atoms with E-state index in [1.165, 1.54) is 0 Å². The summed E-state index contributed by atoms with van der Waals surface area (Å²) in [4.78, 5) is 38.8. The summed E-state index contributed by atoms with van der Waals surface area (Å²) in [7, 11) is 0. The molecule has 0 aliphatic heterocycles. The van der Waals surface area contributed by atoms with Gasteiger partial charge in [0.05, 0.1) is 0 Å². The number of hydrogen-bond acceptors (Lipinski definition) is 6. The van der Waals surface area contributed by atoms with Crippen LogP contribution in [0.25, 0.3) is 0 Å². The SMILES string of the molecule is CC(C)(C)OC(=O)/N=C(/NC(=O)OC(C)(C)C)N[C@@H](CCCN)C(=O)O. The van der Waals surface area contributed by atoms with Gasteiger partial charge in [0.15, 0.2) is 0 Å². The normalized spacial score (nSPS) is 13.6. The third kappa shape index (κ3) is 12.1. The molecule has 5 N–H and O–H groups in total. The maximum atomic E-state index is 11.9. The Kier molecular flexibility index (Phi) is 9.05. The summed E-state index contributed by atoms with van der Waals surface area (Å²) in [5.41, 5.74) is 3.81. The van der Waals surface area contributed by atoms with E-state index in [0.717, 1.165) is 0 Å². The van der Waals surface area contributed by atoms with Gasteiger partial charge in [0.1, 0.15) is 17.2 Å². The third-order valence-electron chi connectivity index (χ3n) is 2.52. The molecule has 0 aromatic rings. The molecule has 0 saturated carbocycles. The van der Waals surface area contributed by atoms with Crippen LogP contribution in [0.4, 0.5) is 9.59 Å². The van der Waals surface area contributed by atoms with E-state index in [4.69, 9.17) is 15.2 Å². The molecule has 0 aliphatic carbocycles. The minimum atomic E-state index is -1.18. The van der Waals surface area contributed by atoms with Crippen LogP contribution in [0.5, 0.6) is 0 Å². The van der Waals surface area contributed by atoms with Crippen molar-refractivity contribution in [1.82, 2.24) is 10.6 Å². The van der Waals surface area contributed by atoms with E-state index >= 15 is 0 Å². The number of carbonyl (C=O) groups excluding carboxylic acids is 2. The molecule has 0 saturated heterocycles. The maximum absolute atomic E-state index is 11.9. The van der Waals surface area contributed by atoms with Gasteiger partial charge in [0.25, 0.3) is 0 Å². The van der Waals surface area contributed by atoms with Crippen LogP contribution in [-0.4, -0.2) is 53.0 Å². The van der Waals surface area contributed by atoms with Gasteiger partial charge in [-0.25, -0.2) is 14.4 Å². The molecule has 0 fully saturated rings. The Bertz CT molecular complexity index is 534. The summed E-state index contributed by atoms with van der Waals surface area (Å²) >= 11 is 0. The molecule has 150 valence electrons. The first kappa shape index (κ1) is 23.6. The molecule has 0 spiro atoms. The van der Waals surface area contributed by atoms with Gasteiger partial charge in [0, 0.05) is 0 Å². The number of aliphatic carboxylic acids is 1. The Hall–Kier alpha value is -2.36. The zero-order valence-corrected chi connectivity index (χ0v) is 16.2. The van der Waals surface area contributed by atoms with Crippen LogP contribution in [0.3, 0.4) is 0 Å². The van der Waals surface area contributed by atoms with Gasteiger partial charge in [-0.3, -0.25) is 5.32 Å². The van der Waals surface area contributed by atoms with E-state index in [1.807, 2.05) is 0 Å². The Morgan fingerprint density at radius 1 is 1.08 bits per heavy atom. The monoisotopic (exact) mass is 374 g/mol. The zero-order valence-electron chi connectivity index (χ0n) is 16.2. The minimum absolute atomic E-state index is 0.176. The predicted octanol–water partition coefficient (Wildman–Crippen LogP) is 1.58. The summed E-state index contributed by atoms with van der Waals surface area (Å²) in [6, 6.07) is -1.10. The molecule has 0 aliphatic rings. The molecule has 2 amide bonds. The van der Waals surface area contributed by atoms with E-state index in [0.29, 0.717) is 13.0 Å². The highest BCUT2D eigenvalue weighted by Gasteiger charge is 2.24. The summed E-state index contributed by atoms with van der Waals surface area (Å²) in [6.07, 6.45) is -1.28. The van der Waals surface area contributed by atoms with Crippen LogP contribution in [0.2, 0.25) is 0 Å². The Morgan fingerprint density at radius 2 is 1.62 bits per heavy atom. The number of hydrogen-bond donors (Lipinski definition) is 4. The van der Waals surface area contributed by atoms with Crippen molar-refractivity contribution in [3.05, 3.63) is 0 Å². The zero-order chi connectivity index (χ0) is 20.5. The summed E-state index contributed by atoms with van der Waals surface area (Å²) < 4.78 is 10.1. The lowest BCUT2D eigenvalue weighted by Gasteiger charge is -2.22. The van der Waals surface area contributed by atoms with E-state index < -0.39 is 35.4 Å². The number of ether oxygens (including phenoxy) is 2. The first-order valence-corrected chi connectivity index (χ1v) is 8.24. The number of nitrogens with zero attached hydrogens (tertiary/aromatic N) is 1. The van der Waals surface area contributed by atoms with Crippen LogP contribution in [0, 0.1) is 0 Å². The molecular formula is C16H30N4O6. The molecule has 10 nitrogen and oxygen atoms in total. The Balaban J connectivity index is 5.34. The van der Waals surface area contributed by atoms with Crippen LogP contribution in [0.1, 0.15) is 54.4 Å². The summed E-state index contributed by atoms with van der Waals surface area (Å²) in [6.45, 7) is 10.2. The number of aliphatic imine (C=N–C) groups is 1. The third-order valence-corrected chi connectivity index (χ3v) is 2.52. The highest BCUT2D eigenvalue weighted by molar-refractivity contribution is 6.00. The maximum Gasteiger partial charge on any atom is 0.437 e. The number of nitrogens with two attached hydrogens (primary N) is 1. The lowest BCUT2D eigenvalue weighted by molar-refractivity contribution is -0.139. The number of nitrogens with one attached hydrogen (secondary N) is 2. The second kappa shape index (κ2) is 9.95. The van der Waals surface area contributed by atoms with Crippen LogP contribution in [0.15, 0.2) is 4.99 Å². The number of guanidine groups is 1. The van der Waals surface area contributed by atoms with Crippen molar-refractivity contribution in [2.75, 3.05) is 6.54 Å². The Morgan fingerprint density at radius 3 is 2.04 bits per heavy atom. The van der Waals surface area contributed by atoms with Crippen molar-refractivity contribution < 1.29 is 29.0 Å². The predicted molar refractivity (Wildman–Crippen MR) is 95.9 cm³/mol. The number of alkyl carbamates (subject to hydrolysis) is 1. The minimum Gasteiger partial charge on any atom is -0.480 e. The number of amides is 2. The summed E-state index contributed by atoms with van der Waals surface area (Å²) in [5.74, 6) is -1.56. The smallest absolute Gasteiger partial charge is 0.437 e. The van der Waals surface area contributed by atoms with Crippen molar-refractivity contribution in [1.29, 1.82) is 0 Å². The van der Waals surface area contributed by atoms with Gasteiger partial charge < -0.3 is 25.6 Å². The van der Waals surface area contributed by atoms with Gasteiger partial charge in [-0.2, -0.15) is 0 Å². The Labute approximate surface area is 153 Å². The molecule has 0 radical (unpaired) electrons. The number of rotatable bonds is 5. The largest absolute Gasteiger partial charge is 0.480 e. The summed E-state index contributed by atoms with van der Waals surface area (Å²) in [5, 5.41) is 14.0. The fourth-order valence-corrected chi connectivity index (χ4v) is 1.62.